The molecule has 0 spiro atoms. The van der Waals surface area contributed by atoms with Gasteiger partial charge in [-0.15, -0.1) is 0 Å². The number of aliphatic hydroxyl groups excluding tert-OH is 1. The van der Waals surface area contributed by atoms with Crippen LogP contribution in [0.3, 0.4) is 0 Å². The largest absolute Gasteiger partial charge is 0.480 e. The fourth-order valence-electron chi connectivity index (χ4n) is 6.01. The molecule has 0 bridgehead atoms. The Kier molecular flexibility index (Phi) is 33.1. The van der Waals surface area contributed by atoms with Crippen molar-refractivity contribution in [3.63, 3.8) is 0 Å². The number of aliphatic carboxylic acids is 1. The summed E-state index contributed by atoms with van der Waals surface area (Å²) in [7, 11) is 0. The van der Waals surface area contributed by atoms with E-state index in [1.165, 1.54) is 109 Å². The van der Waals surface area contributed by atoms with E-state index in [2.05, 4.69) is 24.5 Å². The van der Waals surface area contributed by atoms with Crippen LogP contribution in [0.1, 0.15) is 200 Å². The molecular formula is C39H74N2O7. The summed E-state index contributed by atoms with van der Waals surface area (Å²) in [6.07, 6.45) is 32.7. The SMILES string of the molecule is CCCCCCCCCCCCCCC(=O)OC(CCCCCCCCCC)CCCCCCCC(=O)NCC(=O)NC(CO)C(=O)O. The van der Waals surface area contributed by atoms with Crippen molar-refractivity contribution in [3.05, 3.63) is 0 Å². The van der Waals surface area contributed by atoms with E-state index in [0.29, 0.717) is 19.3 Å². The van der Waals surface area contributed by atoms with Crippen molar-refractivity contribution in [3.8, 4) is 0 Å². The number of carboxylic acid groups (broad SMARTS) is 1. The first-order valence-corrected chi connectivity index (χ1v) is 19.9. The van der Waals surface area contributed by atoms with Crippen molar-refractivity contribution < 1.29 is 34.1 Å². The van der Waals surface area contributed by atoms with E-state index >= 15 is 0 Å². The van der Waals surface area contributed by atoms with Crippen LogP contribution in [-0.4, -0.2) is 59.3 Å². The van der Waals surface area contributed by atoms with E-state index in [1.807, 2.05) is 0 Å². The lowest BCUT2D eigenvalue weighted by Crippen LogP contribution is -2.47. The van der Waals surface area contributed by atoms with Gasteiger partial charge in [0.15, 0.2) is 0 Å². The van der Waals surface area contributed by atoms with Gasteiger partial charge in [-0.2, -0.15) is 0 Å². The predicted molar refractivity (Wildman–Crippen MR) is 195 cm³/mol. The lowest BCUT2D eigenvalue weighted by atomic mass is 10.0. The van der Waals surface area contributed by atoms with E-state index in [-0.39, 0.29) is 24.5 Å². The molecule has 0 saturated heterocycles. The van der Waals surface area contributed by atoms with Gasteiger partial charge in [0.25, 0.3) is 0 Å². The summed E-state index contributed by atoms with van der Waals surface area (Å²) in [6, 6.07) is -1.38. The molecule has 0 aliphatic rings. The Labute approximate surface area is 293 Å². The molecule has 0 aromatic carbocycles. The maximum atomic E-state index is 12.7. The summed E-state index contributed by atoms with van der Waals surface area (Å²) in [6.45, 7) is 3.47. The van der Waals surface area contributed by atoms with Gasteiger partial charge in [0.2, 0.25) is 11.8 Å². The highest BCUT2D eigenvalue weighted by molar-refractivity contribution is 5.87. The smallest absolute Gasteiger partial charge is 0.328 e. The fourth-order valence-corrected chi connectivity index (χ4v) is 6.01. The predicted octanol–water partition coefficient (Wildman–Crippen LogP) is 8.93. The van der Waals surface area contributed by atoms with Gasteiger partial charge in [0.05, 0.1) is 13.2 Å². The number of rotatable bonds is 36. The van der Waals surface area contributed by atoms with E-state index in [0.717, 1.165) is 57.8 Å². The van der Waals surface area contributed by atoms with Gasteiger partial charge in [-0.05, 0) is 38.5 Å². The second-order valence-electron chi connectivity index (χ2n) is 13.7. The zero-order valence-corrected chi connectivity index (χ0v) is 31.0. The average Bonchev–Trinajstić information content (AvgIpc) is 3.07. The van der Waals surface area contributed by atoms with Crippen LogP contribution in [0, 0.1) is 0 Å². The van der Waals surface area contributed by atoms with Crippen molar-refractivity contribution in [1.29, 1.82) is 0 Å². The quantitative estimate of drug-likeness (QED) is 0.0382. The summed E-state index contributed by atoms with van der Waals surface area (Å²) in [5, 5.41) is 22.5. The molecule has 9 nitrogen and oxygen atoms in total. The summed E-state index contributed by atoms with van der Waals surface area (Å²) >= 11 is 0. The van der Waals surface area contributed by atoms with E-state index < -0.39 is 24.5 Å². The Morgan fingerprint density at radius 1 is 0.542 bits per heavy atom. The molecule has 0 aromatic heterocycles. The number of esters is 1. The highest BCUT2D eigenvalue weighted by Crippen LogP contribution is 2.19. The third-order valence-electron chi connectivity index (χ3n) is 9.10. The molecule has 0 aliphatic carbocycles. The summed E-state index contributed by atoms with van der Waals surface area (Å²) in [5.41, 5.74) is 0. The van der Waals surface area contributed by atoms with Crippen molar-refractivity contribution >= 4 is 23.8 Å². The molecule has 0 fully saturated rings. The van der Waals surface area contributed by atoms with Gasteiger partial charge in [0, 0.05) is 12.8 Å². The van der Waals surface area contributed by atoms with Gasteiger partial charge >= 0.3 is 11.9 Å². The standard InChI is InChI=1S/C39H74N2O7/c1-3-5-7-9-11-13-14-15-16-18-23-27-31-38(45)48-34(28-24-20-17-12-10-8-6-4-2)29-25-21-19-22-26-30-36(43)40-32-37(44)41-35(33-42)39(46)47/h34-35,42H,3-33H2,1-2H3,(H,40,43)(H,41,44)(H,46,47). The van der Waals surface area contributed by atoms with Gasteiger partial charge in [-0.25, -0.2) is 4.79 Å². The third-order valence-corrected chi connectivity index (χ3v) is 9.10. The fraction of sp³-hybridized carbons (Fsp3) is 0.897. The van der Waals surface area contributed by atoms with Crippen LogP contribution in [-0.2, 0) is 23.9 Å². The average molecular weight is 683 g/mol. The molecule has 2 unspecified atom stereocenters. The highest BCUT2D eigenvalue weighted by atomic mass is 16.5. The first-order chi connectivity index (χ1) is 23.3. The van der Waals surface area contributed by atoms with Gasteiger partial charge in [0.1, 0.15) is 12.1 Å². The van der Waals surface area contributed by atoms with Crippen molar-refractivity contribution in [1.82, 2.24) is 10.6 Å². The zero-order valence-electron chi connectivity index (χ0n) is 31.0. The van der Waals surface area contributed by atoms with Crippen LogP contribution in [0.15, 0.2) is 0 Å². The molecule has 2 atom stereocenters. The normalized spacial score (nSPS) is 12.4. The molecule has 48 heavy (non-hydrogen) atoms. The number of ether oxygens (including phenoxy) is 1. The van der Waals surface area contributed by atoms with E-state index in [4.69, 9.17) is 14.9 Å². The number of carbonyl (C=O) groups is 4. The number of unbranched alkanes of at least 4 members (excludes halogenated alkanes) is 22. The Balaban J connectivity index is 4.20. The van der Waals surface area contributed by atoms with Crippen LogP contribution in [0.4, 0.5) is 0 Å². The Bertz CT molecular complexity index is 792. The van der Waals surface area contributed by atoms with Crippen molar-refractivity contribution in [2.24, 2.45) is 0 Å². The summed E-state index contributed by atoms with van der Waals surface area (Å²) in [5.74, 6) is -2.28. The number of hydrogen-bond donors (Lipinski definition) is 4. The molecule has 0 saturated carbocycles. The Hall–Kier alpha value is -2.16. The molecule has 9 heteroatoms. The number of nitrogens with one attached hydrogen (secondary N) is 2. The van der Waals surface area contributed by atoms with Gasteiger partial charge in [-0.3, -0.25) is 14.4 Å². The van der Waals surface area contributed by atoms with Crippen LogP contribution in [0.2, 0.25) is 0 Å². The molecule has 0 aliphatic heterocycles. The second-order valence-corrected chi connectivity index (χ2v) is 13.7. The lowest BCUT2D eigenvalue weighted by molar-refractivity contribution is -0.150. The summed E-state index contributed by atoms with van der Waals surface area (Å²) < 4.78 is 5.99. The Morgan fingerprint density at radius 3 is 1.35 bits per heavy atom. The minimum Gasteiger partial charge on any atom is -0.480 e. The molecular weight excluding hydrogens is 608 g/mol. The maximum Gasteiger partial charge on any atom is 0.328 e. The van der Waals surface area contributed by atoms with Crippen LogP contribution < -0.4 is 10.6 Å². The van der Waals surface area contributed by atoms with Crippen LogP contribution in [0.25, 0.3) is 0 Å². The van der Waals surface area contributed by atoms with E-state index in [9.17, 15) is 19.2 Å². The van der Waals surface area contributed by atoms with Gasteiger partial charge < -0.3 is 25.6 Å². The first-order valence-electron chi connectivity index (χ1n) is 19.9. The number of aliphatic hydroxyl groups is 1. The molecule has 0 heterocycles. The van der Waals surface area contributed by atoms with Gasteiger partial charge in [-0.1, -0.05) is 149 Å². The lowest BCUT2D eigenvalue weighted by Gasteiger charge is -2.18. The molecule has 0 rings (SSSR count). The Morgan fingerprint density at radius 2 is 0.938 bits per heavy atom. The van der Waals surface area contributed by atoms with Crippen molar-refractivity contribution in [2.75, 3.05) is 13.2 Å². The molecule has 282 valence electrons. The number of carbonyl (C=O) groups excluding carboxylic acids is 3. The summed E-state index contributed by atoms with van der Waals surface area (Å²) in [4.78, 5) is 47.3. The third kappa shape index (κ3) is 31.1. The number of carboxylic acids is 1. The first kappa shape index (κ1) is 45.8. The van der Waals surface area contributed by atoms with Crippen LogP contribution >= 0.6 is 0 Å². The topological polar surface area (TPSA) is 142 Å². The molecule has 0 radical (unpaired) electrons. The monoisotopic (exact) mass is 683 g/mol. The molecule has 0 aromatic rings. The van der Waals surface area contributed by atoms with Crippen LogP contribution in [0.5, 0.6) is 0 Å². The second kappa shape index (κ2) is 34.7. The minimum atomic E-state index is -1.38. The molecule has 2 amide bonds. The number of amides is 2. The minimum absolute atomic E-state index is 0.00148. The van der Waals surface area contributed by atoms with Crippen molar-refractivity contribution in [2.45, 2.75) is 212 Å². The highest BCUT2D eigenvalue weighted by Gasteiger charge is 2.19. The molecule has 4 N–H and O–H groups in total. The van der Waals surface area contributed by atoms with E-state index in [1.54, 1.807) is 0 Å². The number of hydrogen-bond acceptors (Lipinski definition) is 6. The maximum absolute atomic E-state index is 12.7. The zero-order chi connectivity index (χ0) is 35.5.